The summed E-state index contributed by atoms with van der Waals surface area (Å²) >= 11 is 0. The molecule has 48 heavy (non-hydrogen) atoms. The van der Waals surface area contributed by atoms with Crippen LogP contribution in [0.1, 0.15) is 53.1 Å². The number of nitrogens with zero attached hydrogens (tertiary/aromatic N) is 2. The van der Waals surface area contributed by atoms with Crippen molar-refractivity contribution < 1.29 is 48.6 Å². The minimum Gasteiger partial charge on any atom is -0.508 e. The number of hydrogen-bond donors (Lipinski definition) is 3. The van der Waals surface area contributed by atoms with E-state index >= 15 is 0 Å². The number of carboxylic acids is 2. The van der Waals surface area contributed by atoms with E-state index in [0.717, 1.165) is 0 Å². The van der Waals surface area contributed by atoms with Crippen LogP contribution in [0.15, 0.2) is 97.6 Å². The monoisotopic (exact) mass is 658 g/mol. The molecule has 1 aliphatic rings. The van der Waals surface area contributed by atoms with Gasteiger partial charge in [0.25, 0.3) is 0 Å². The highest BCUT2D eigenvalue weighted by molar-refractivity contribution is 5.88. The maximum absolute atomic E-state index is 11.6. The zero-order valence-corrected chi connectivity index (χ0v) is 26.2. The molecule has 0 aliphatic carbocycles. The fraction of sp³-hybridized carbons (Fsp3) is 0.306. The topological polar surface area (TPSA) is 159 Å². The normalized spacial score (nSPS) is 17.6. The van der Waals surface area contributed by atoms with Crippen LogP contribution in [0.25, 0.3) is 0 Å². The number of imidazole rings is 1. The first-order valence-electron chi connectivity index (χ1n) is 15.6. The first-order valence-corrected chi connectivity index (χ1v) is 15.6. The third kappa shape index (κ3) is 9.36. The van der Waals surface area contributed by atoms with Gasteiger partial charge in [0, 0.05) is 35.9 Å². The molecule has 4 aromatic rings. The first kappa shape index (κ1) is 34.0. The van der Waals surface area contributed by atoms with Gasteiger partial charge in [0.05, 0.1) is 31.1 Å². The van der Waals surface area contributed by atoms with Crippen LogP contribution in [0, 0.1) is 5.92 Å². The van der Waals surface area contributed by atoms with Crippen molar-refractivity contribution in [1.82, 2.24) is 9.55 Å². The Balaban J connectivity index is 1.23. The van der Waals surface area contributed by atoms with Crippen LogP contribution in [0.4, 0.5) is 0 Å². The molecule has 12 heteroatoms. The maximum atomic E-state index is 11.6. The van der Waals surface area contributed by atoms with Crippen molar-refractivity contribution in [3.05, 3.63) is 114 Å². The summed E-state index contributed by atoms with van der Waals surface area (Å²) in [6.07, 6.45) is 8.70. The number of benzene rings is 3. The van der Waals surface area contributed by atoms with E-state index in [-0.39, 0.29) is 42.6 Å². The molecule has 5 rings (SSSR count). The number of aromatic hydroxyl groups is 1. The Kier molecular flexibility index (Phi) is 12.0. The van der Waals surface area contributed by atoms with E-state index in [9.17, 15) is 19.8 Å². The molecule has 3 N–H and O–H groups in total. The molecule has 1 aromatic heterocycles. The lowest BCUT2D eigenvalue weighted by atomic mass is 9.91. The summed E-state index contributed by atoms with van der Waals surface area (Å²) in [6.45, 7) is 1.43. The summed E-state index contributed by atoms with van der Waals surface area (Å²) in [5, 5.41) is 29.1. The van der Waals surface area contributed by atoms with Gasteiger partial charge in [-0.1, -0.05) is 48.6 Å². The number of phenols is 1. The van der Waals surface area contributed by atoms with Gasteiger partial charge in [-0.05, 0) is 43.2 Å². The number of carboxylic acid groups (broad SMARTS) is 2. The lowest BCUT2D eigenvalue weighted by Crippen LogP contribution is -2.30. The van der Waals surface area contributed by atoms with E-state index < -0.39 is 24.3 Å². The summed E-state index contributed by atoms with van der Waals surface area (Å²) in [5.41, 5.74) is 1.36. The number of ether oxygens (including phenoxy) is 5. The standard InChI is InChI=1S/C36H38N2O10/c39-29-11-6-4-9-27(29)34-26(8-2-1-3-13-33(40)41)23-47-36(48-34)28-10-5-7-12-30(28)45-20-21-46-32-22-25(35(42)43)14-15-31(32)44-19-18-38-17-16-37-24-38/h1-2,4-7,9-12,14-17,22,24,26,34,36,39H,3,8,13,18-21,23H2,(H,40,41)(H,42,43)/b2-1-/t26-,34+,36+/m1/s1. The molecule has 0 amide bonds. The number of aliphatic carboxylic acids is 1. The molecule has 3 aromatic carbocycles. The second-order valence-electron chi connectivity index (χ2n) is 11.0. The van der Waals surface area contributed by atoms with E-state index in [4.69, 9.17) is 28.8 Å². The van der Waals surface area contributed by atoms with E-state index in [1.165, 1.54) is 12.1 Å². The Morgan fingerprint density at radius 1 is 0.896 bits per heavy atom. The smallest absolute Gasteiger partial charge is 0.335 e. The van der Waals surface area contributed by atoms with Gasteiger partial charge in [0.1, 0.15) is 31.3 Å². The number of phenolic OH excluding ortho intramolecular Hbond substituents is 1. The summed E-state index contributed by atoms with van der Waals surface area (Å²) < 4.78 is 32.4. The molecule has 0 spiro atoms. The largest absolute Gasteiger partial charge is 0.508 e. The van der Waals surface area contributed by atoms with Crippen LogP contribution in [0.3, 0.4) is 0 Å². The number of aromatic nitrogens is 2. The molecule has 0 saturated carbocycles. The van der Waals surface area contributed by atoms with Gasteiger partial charge in [-0.15, -0.1) is 0 Å². The van der Waals surface area contributed by atoms with Crippen molar-refractivity contribution in [3.63, 3.8) is 0 Å². The van der Waals surface area contributed by atoms with E-state index in [1.807, 2.05) is 53.2 Å². The fourth-order valence-corrected chi connectivity index (χ4v) is 5.25. The van der Waals surface area contributed by atoms with Gasteiger partial charge in [-0.2, -0.15) is 0 Å². The molecule has 0 unspecified atom stereocenters. The van der Waals surface area contributed by atoms with Gasteiger partial charge < -0.3 is 43.6 Å². The molecule has 1 saturated heterocycles. The summed E-state index contributed by atoms with van der Waals surface area (Å²) in [6, 6.07) is 18.8. The highest BCUT2D eigenvalue weighted by Gasteiger charge is 2.35. The molecule has 2 heterocycles. The average molecular weight is 659 g/mol. The lowest BCUT2D eigenvalue weighted by molar-refractivity contribution is -0.244. The molecule has 3 atom stereocenters. The highest BCUT2D eigenvalue weighted by atomic mass is 16.7. The molecular weight excluding hydrogens is 620 g/mol. The molecule has 1 fully saturated rings. The Bertz CT molecular complexity index is 1670. The number of hydrogen-bond acceptors (Lipinski definition) is 9. The van der Waals surface area contributed by atoms with E-state index in [1.54, 1.807) is 36.8 Å². The summed E-state index contributed by atoms with van der Waals surface area (Å²) in [4.78, 5) is 26.5. The predicted octanol–water partition coefficient (Wildman–Crippen LogP) is 6.04. The molecule has 0 radical (unpaired) electrons. The number of para-hydroxylation sites is 2. The van der Waals surface area contributed by atoms with Crippen LogP contribution >= 0.6 is 0 Å². The molecule has 1 aliphatic heterocycles. The van der Waals surface area contributed by atoms with E-state index in [0.29, 0.717) is 55.2 Å². The van der Waals surface area contributed by atoms with Crippen molar-refractivity contribution in [2.24, 2.45) is 5.92 Å². The van der Waals surface area contributed by atoms with Gasteiger partial charge in [-0.3, -0.25) is 4.79 Å². The third-order valence-corrected chi connectivity index (χ3v) is 7.66. The quantitative estimate of drug-likeness (QED) is 0.0897. The number of rotatable bonds is 17. The van der Waals surface area contributed by atoms with E-state index in [2.05, 4.69) is 4.98 Å². The van der Waals surface area contributed by atoms with Crippen molar-refractivity contribution in [2.75, 3.05) is 26.4 Å². The van der Waals surface area contributed by atoms with Crippen LogP contribution < -0.4 is 14.2 Å². The Morgan fingerprint density at radius 3 is 2.40 bits per heavy atom. The Labute approximate surface area is 277 Å². The SMILES string of the molecule is O=C(O)CC/C=C\C[C@@H]1CO[C@H](c2ccccc2OCCOc2cc(C(=O)O)ccc2OCCn2ccnc2)O[C@@H]1c1ccccc1O. The van der Waals surface area contributed by atoms with Crippen molar-refractivity contribution in [1.29, 1.82) is 0 Å². The minimum atomic E-state index is -1.08. The Morgan fingerprint density at radius 2 is 1.65 bits per heavy atom. The van der Waals surface area contributed by atoms with Gasteiger partial charge in [-0.25, -0.2) is 9.78 Å². The number of allylic oxidation sites excluding steroid dienone is 2. The summed E-state index contributed by atoms with van der Waals surface area (Å²) in [5.74, 6) is -0.742. The molecule has 252 valence electrons. The number of aromatic carboxylic acids is 1. The van der Waals surface area contributed by atoms with Crippen molar-refractivity contribution in [3.8, 4) is 23.0 Å². The van der Waals surface area contributed by atoms with Gasteiger partial charge in [0.15, 0.2) is 17.8 Å². The Hall–Kier alpha value is -5.33. The van der Waals surface area contributed by atoms with Gasteiger partial charge in [0.2, 0.25) is 0 Å². The fourth-order valence-electron chi connectivity index (χ4n) is 5.25. The minimum absolute atomic E-state index is 0.0532. The zero-order chi connectivity index (χ0) is 33.7. The molecule has 12 nitrogen and oxygen atoms in total. The van der Waals surface area contributed by atoms with Gasteiger partial charge >= 0.3 is 11.9 Å². The van der Waals surface area contributed by atoms with Crippen LogP contribution in [0.2, 0.25) is 0 Å². The summed E-state index contributed by atoms with van der Waals surface area (Å²) in [7, 11) is 0. The predicted molar refractivity (Wildman–Crippen MR) is 173 cm³/mol. The van der Waals surface area contributed by atoms with Crippen LogP contribution in [-0.4, -0.2) is 63.2 Å². The second-order valence-corrected chi connectivity index (χ2v) is 11.0. The number of carbonyl (C=O) groups is 2. The van der Waals surface area contributed by atoms with Crippen LogP contribution in [-0.2, 0) is 20.8 Å². The van der Waals surface area contributed by atoms with Crippen molar-refractivity contribution in [2.45, 2.75) is 38.2 Å². The maximum Gasteiger partial charge on any atom is 0.335 e. The molecule has 0 bridgehead atoms. The van der Waals surface area contributed by atoms with Crippen LogP contribution in [0.5, 0.6) is 23.0 Å². The third-order valence-electron chi connectivity index (χ3n) is 7.66. The average Bonchev–Trinajstić information content (AvgIpc) is 3.61. The van der Waals surface area contributed by atoms with Crippen molar-refractivity contribution >= 4 is 11.9 Å². The first-order chi connectivity index (χ1) is 23.4. The lowest BCUT2D eigenvalue weighted by Gasteiger charge is -2.37. The highest BCUT2D eigenvalue weighted by Crippen LogP contribution is 2.44. The zero-order valence-electron chi connectivity index (χ0n) is 26.2. The molecular formula is C36H38N2O10. The second kappa shape index (κ2) is 17.0.